The molecular weight excluding hydrogens is 351 g/mol. The molecule has 0 spiro atoms. The van der Waals surface area contributed by atoms with Gasteiger partial charge in [-0.2, -0.15) is 13.2 Å². The van der Waals surface area contributed by atoms with Crippen LogP contribution in [0.15, 0.2) is 18.2 Å². The van der Waals surface area contributed by atoms with Crippen molar-refractivity contribution in [3.63, 3.8) is 0 Å². The number of hydrogen-bond donors (Lipinski definition) is 2. The summed E-state index contributed by atoms with van der Waals surface area (Å²) in [5, 5.41) is 12.0. The van der Waals surface area contributed by atoms with Gasteiger partial charge in [-0.1, -0.05) is 0 Å². The molecule has 1 atom stereocenters. The molecule has 1 saturated heterocycles. The van der Waals surface area contributed by atoms with Crippen molar-refractivity contribution < 1.29 is 27.9 Å². The lowest BCUT2D eigenvalue weighted by molar-refractivity contribution is -0.137. The van der Waals surface area contributed by atoms with Crippen molar-refractivity contribution >= 4 is 23.2 Å². The Bertz CT molecular complexity index is 715. The van der Waals surface area contributed by atoms with Gasteiger partial charge in [0.1, 0.15) is 6.54 Å². The van der Waals surface area contributed by atoms with Gasteiger partial charge in [-0.15, -0.1) is 0 Å². The number of carbonyl (C=O) groups is 2. The molecule has 2 aliphatic heterocycles. The number of hydrogen-bond acceptors (Lipinski definition) is 4. The van der Waals surface area contributed by atoms with Crippen LogP contribution < -0.4 is 10.2 Å². The van der Waals surface area contributed by atoms with E-state index in [0.717, 1.165) is 12.1 Å². The van der Waals surface area contributed by atoms with Gasteiger partial charge in [-0.25, -0.2) is 0 Å². The Balaban J connectivity index is 1.85. The number of aliphatic hydroxyl groups is 1. The summed E-state index contributed by atoms with van der Waals surface area (Å²) in [5.74, 6) is -0.885. The van der Waals surface area contributed by atoms with Crippen molar-refractivity contribution in [3.05, 3.63) is 23.8 Å². The first-order valence-electron chi connectivity index (χ1n) is 8.41. The van der Waals surface area contributed by atoms with Crippen LogP contribution in [0.4, 0.5) is 24.5 Å². The molecule has 2 amide bonds. The lowest BCUT2D eigenvalue weighted by atomic mass is 10.0. The molecule has 1 fully saturated rings. The smallest absolute Gasteiger partial charge is 0.393 e. The topological polar surface area (TPSA) is 72.9 Å². The molecule has 0 aliphatic carbocycles. The summed E-state index contributed by atoms with van der Waals surface area (Å²) in [7, 11) is 0. The normalized spacial score (nSPS) is 20.5. The number of rotatable bonds is 2. The molecule has 1 aromatic rings. The van der Waals surface area contributed by atoms with E-state index in [1.54, 1.807) is 6.92 Å². The molecule has 0 unspecified atom stereocenters. The summed E-state index contributed by atoms with van der Waals surface area (Å²) >= 11 is 0. The van der Waals surface area contributed by atoms with E-state index in [9.17, 15) is 27.9 Å². The molecule has 2 aliphatic rings. The Morgan fingerprint density at radius 2 is 1.96 bits per heavy atom. The van der Waals surface area contributed by atoms with Crippen molar-refractivity contribution in [1.82, 2.24) is 4.90 Å². The standard InChI is InChI=1S/C17H20F3N3O3/c1-10(22-6-4-12(24)5-7-22)16(26)23-9-15(25)21-13-8-11(17(18,19)20)2-3-14(13)23/h2-3,8,10,12,24H,4-7,9H2,1H3,(H,21,25)/t10-/m0/s1. The Labute approximate surface area is 148 Å². The molecule has 9 heteroatoms. The van der Waals surface area contributed by atoms with E-state index < -0.39 is 23.7 Å². The van der Waals surface area contributed by atoms with Gasteiger partial charge in [0.15, 0.2) is 0 Å². The minimum absolute atomic E-state index is 0.0225. The molecule has 0 radical (unpaired) electrons. The zero-order chi connectivity index (χ0) is 19.1. The van der Waals surface area contributed by atoms with Crippen LogP contribution in [0.5, 0.6) is 0 Å². The van der Waals surface area contributed by atoms with Gasteiger partial charge in [-0.3, -0.25) is 19.4 Å². The number of amides is 2. The average Bonchev–Trinajstić information content (AvgIpc) is 2.59. The van der Waals surface area contributed by atoms with Gasteiger partial charge in [-0.05, 0) is 38.0 Å². The van der Waals surface area contributed by atoms with E-state index in [2.05, 4.69) is 5.32 Å². The highest BCUT2D eigenvalue weighted by molar-refractivity contribution is 6.11. The van der Waals surface area contributed by atoms with Gasteiger partial charge in [0, 0.05) is 13.1 Å². The SMILES string of the molecule is C[C@@H](C(=O)N1CC(=O)Nc2cc(C(F)(F)F)ccc21)N1CCC(O)CC1. The van der Waals surface area contributed by atoms with E-state index in [1.807, 2.05) is 4.90 Å². The predicted octanol–water partition coefficient (Wildman–Crippen LogP) is 1.84. The van der Waals surface area contributed by atoms with Gasteiger partial charge in [0.25, 0.3) is 0 Å². The van der Waals surface area contributed by atoms with E-state index in [1.165, 1.54) is 11.0 Å². The minimum Gasteiger partial charge on any atom is -0.393 e. The van der Waals surface area contributed by atoms with E-state index in [-0.39, 0.29) is 29.9 Å². The maximum atomic E-state index is 12.9. The maximum Gasteiger partial charge on any atom is 0.416 e. The van der Waals surface area contributed by atoms with E-state index >= 15 is 0 Å². The first kappa shape index (κ1) is 18.7. The highest BCUT2D eigenvalue weighted by Crippen LogP contribution is 2.37. The minimum atomic E-state index is -4.53. The van der Waals surface area contributed by atoms with Gasteiger partial charge in [0.05, 0.1) is 29.1 Å². The van der Waals surface area contributed by atoms with Crippen molar-refractivity contribution in [3.8, 4) is 0 Å². The van der Waals surface area contributed by atoms with Crippen LogP contribution in [0.3, 0.4) is 0 Å². The third-order valence-electron chi connectivity index (χ3n) is 4.86. The second-order valence-electron chi connectivity index (χ2n) is 6.65. The van der Waals surface area contributed by atoms with Crippen LogP contribution in [0, 0.1) is 0 Å². The van der Waals surface area contributed by atoms with Crippen molar-refractivity contribution in [2.24, 2.45) is 0 Å². The molecule has 26 heavy (non-hydrogen) atoms. The third-order valence-corrected chi connectivity index (χ3v) is 4.86. The Kier molecular flexibility index (Phi) is 4.94. The fourth-order valence-electron chi connectivity index (χ4n) is 3.32. The molecular formula is C17H20F3N3O3. The molecule has 3 rings (SSSR count). The third kappa shape index (κ3) is 3.68. The van der Waals surface area contributed by atoms with Crippen molar-refractivity contribution in [1.29, 1.82) is 0 Å². The van der Waals surface area contributed by atoms with Gasteiger partial charge < -0.3 is 10.4 Å². The second-order valence-corrected chi connectivity index (χ2v) is 6.65. The largest absolute Gasteiger partial charge is 0.416 e. The Morgan fingerprint density at radius 3 is 2.58 bits per heavy atom. The highest BCUT2D eigenvalue weighted by atomic mass is 19.4. The quantitative estimate of drug-likeness (QED) is 0.832. The zero-order valence-corrected chi connectivity index (χ0v) is 14.2. The number of benzene rings is 1. The zero-order valence-electron chi connectivity index (χ0n) is 14.2. The summed E-state index contributed by atoms with van der Waals surface area (Å²) < 4.78 is 38.7. The first-order chi connectivity index (χ1) is 12.2. The molecule has 6 nitrogen and oxygen atoms in total. The van der Waals surface area contributed by atoms with Crippen molar-refractivity contribution in [2.45, 2.75) is 38.1 Å². The fourth-order valence-corrected chi connectivity index (χ4v) is 3.32. The number of carbonyl (C=O) groups excluding carboxylic acids is 2. The second kappa shape index (κ2) is 6.88. The van der Waals surface area contributed by atoms with Crippen LogP contribution in [0.2, 0.25) is 0 Å². The number of piperidine rings is 1. The fraction of sp³-hybridized carbons (Fsp3) is 0.529. The number of nitrogens with zero attached hydrogens (tertiary/aromatic N) is 2. The number of halogens is 3. The molecule has 0 bridgehead atoms. The van der Waals surface area contributed by atoms with Gasteiger partial charge >= 0.3 is 6.18 Å². The lowest BCUT2D eigenvalue weighted by Gasteiger charge is -2.37. The summed E-state index contributed by atoms with van der Waals surface area (Å²) in [4.78, 5) is 27.9. The van der Waals surface area contributed by atoms with Gasteiger partial charge in [0.2, 0.25) is 11.8 Å². The number of likely N-dealkylation sites (tertiary alicyclic amines) is 1. The number of alkyl halides is 3. The van der Waals surface area contributed by atoms with Crippen LogP contribution in [-0.2, 0) is 15.8 Å². The maximum absolute atomic E-state index is 12.9. The highest BCUT2D eigenvalue weighted by Gasteiger charge is 2.36. The molecule has 2 heterocycles. The Hall–Kier alpha value is -2.13. The summed E-state index contributed by atoms with van der Waals surface area (Å²) in [6.07, 6.45) is -3.79. The Morgan fingerprint density at radius 1 is 1.31 bits per heavy atom. The van der Waals surface area contributed by atoms with Crippen molar-refractivity contribution in [2.75, 3.05) is 29.9 Å². The molecule has 1 aromatic carbocycles. The van der Waals surface area contributed by atoms with E-state index in [0.29, 0.717) is 25.9 Å². The number of nitrogens with one attached hydrogen (secondary N) is 1. The average molecular weight is 371 g/mol. The van der Waals surface area contributed by atoms with Crippen LogP contribution in [0.1, 0.15) is 25.3 Å². The molecule has 2 N–H and O–H groups in total. The van der Waals surface area contributed by atoms with Crippen LogP contribution in [-0.4, -0.2) is 53.6 Å². The van der Waals surface area contributed by atoms with Crippen LogP contribution >= 0.6 is 0 Å². The van der Waals surface area contributed by atoms with Crippen LogP contribution in [0.25, 0.3) is 0 Å². The molecule has 0 aromatic heterocycles. The monoisotopic (exact) mass is 371 g/mol. The summed E-state index contributed by atoms with van der Waals surface area (Å²) in [5.41, 5.74) is -0.652. The first-order valence-corrected chi connectivity index (χ1v) is 8.41. The predicted molar refractivity (Wildman–Crippen MR) is 88.7 cm³/mol. The summed E-state index contributed by atoms with van der Waals surface area (Å²) in [6, 6.07) is 2.42. The number of anilines is 2. The number of fused-ring (bicyclic) bond motifs is 1. The van der Waals surface area contributed by atoms with E-state index in [4.69, 9.17) is 0 Å². The summed E-state index contributed by atoms with van der Waals surface area (Å²) in [6.45, 7) is 2.57. The number of aliphatic hydroxyl groups excluding tert-OH is 1. The molecule has 142 valence electrons. The molecule has 0 saturated carbocycles. The lowest BCUT2D eigenvalue weighted by Crippen LogP contribution is -2.53.